The number of halogens is 1. The van der Waals surface area contributed by atoms with E-state index < -0.39 is 6.10 Å². The minimum absolute atomic E-state index is 0.195. The molecule has 0 radical (unpaired) electrons. The van der Waals surface area contributed by atoms with Gasteiger partial charge in [0.15, 0.2) is 0 Å². The molecule has 1 N–H and O–H groups in total. The lowest BCUT2D eigenvalue weighted by Gasteiger charge is -2.44. The molecule has 0 bridgehead atoms. The summed E-state index contributed by atoms with van der Waals surface area (Å²) >= 11 is 6.18. The van der Waals surface area contributed by atoms with Crippen LogP contribution in [0.3, 0.4) is 0 Å². The second kappa shape index (κ2) is 6.25. The number of aliphatic hydroxyl groups is 1. The Labute approximate surface area is 121 Å². The van der Waals surface area contributed by atoms with Crippen molar-refractivity contribution in [1.29, 1.82) is 0 Å². The Morgan fingerprint density at radius 1 is 1.21 bits per heavy atom. The monoisotopic (exact) mass is 281 g/mol. The highest BCUT2D eigenvalue weighted by Gasteiger charge is 2.35. The topological polar surface area (TPSA) is 23.5 Å². The SMILES string of the molecule is CC(C)(C(O)Cc1ccccc1Cl)N1CCCCC1. The Balaban J connectivity index is 2.05. The third-order valence-corrected chi connectivity index (χ3v) is 4.73. The third-order valence-electron chi connectivity index (χ3n) is 4.36. The molecule has 1 aliphatic rings. The maximum Gasteiger partial charge on any atom is 0.0759 e. The minimum atomic E-state index is -0.398. The number of nitrogens with zero attached hydrogens (tertiary/aromatic N) is 1. The number of hydrogen-bond acceptors (Lipinski definition) is 2. The smallest absolute Gasteiger partial charge is 0.0759 e. The minimum Gasteiger partial charge on any atom is -0.391 e. The van der Waals surface area contributed by atoms with E-state index in [2.05, 4.69) is 18.7 Å². The number of hydrogen-bond donors (Lipinski definition) is 1. The van der Waals surface area contributed by atoms with Gasteiger partial charge in [0.05, 0.1) is 6.10 Å². The summed E-state index contributed by atoms with van der Waals surface area (Å²) in [6.45, 7) is 6.46. The molecule has 2 rings (SSSR count). The normalized spacial score (nSPS) is 19.4. The van der Waals surface area contributed by atoms with Crippen LogP contribution in [0.2, 0.25) is 5.02 Å². The fraction of sp³-hybridized carbons (Fsp3) is 0.625. The molecular formula is C16H24ClNO. The second-order valence-electron chi connectivity index (χ2n) is 6.01. The van der Waals surface area contributed by atoms with Gasteiger partial charge in [0.1, 0.15) is 0 Å². The predicted molar refractivity (Wildman–Crippen MR) is 80.7 cm³/mol. The van der Waals surface area contributed by atoms with Crippen LogP contribution in [0.5, 0.6) is 0 Å². The van der Waals surface area contributed by atoms with Crippen LogP contribution in [-0.4, -0.2) is 34.7 Å². The van der Waals surface area contributed by atoms with Crippen LogP contribution < -0.4 is 0 Å². The van der Waals surface area contributed by atoms with Crippen molar-refractivity contribution in [2.45, 2.75) is 51.2 Å². The fourth-order valence-corrected chi connectivity index (χ4v) is 3.02. The van der Waals surface area contributed by atoms with Crippen LogP contribution in [0, 0.1) is 0 Å². The van der Waals surface area contributed by atoms with Crippen LogP contribution in [0.1, 0.15) is 38.7 Å². The molecule has 1 heterocycles. The van der Waals surface area contributed by atoms with E-state index in [4.69, 9.17) is 11.6 Å². The standard InChI is InChI=1S/C16H24ClNO/c1-16(2,18-10-6-3-7-11-18)15(19)12-13-8-4-5-9-14(13)17/h4-5,8-9,15,19H,3,6-7,10-12H2,1-2H3. The van der Waals surface area contributed by atoms with Gasteiger partial charge >= 0.3 is 0 Å². The highest BCUT2D eigenvalue weighted by Crippen LogP contribution is 2.27. The van der Waals surface area contributed by atoms with Gasteiger partial charge in [-0.1, -0.05) is 36.2 Å². The highest BCUT2D eigenvalue weighted by atomic mass is 35.5. The Morgan fingerprint density at radius 2 is 1.84 bits per heavy atom. The molecule has 19 heavy (non-hydrogen) atoms. The molecule has 0 aromatic heterocycles. The molecule has 1 saturated heterocycles. The molecule has 1 unspecified atom stereocenters. The van der Waals surface area contributed by atoms with E-state index >= 15 is 0 Å². The average Bonchev–Trinajstić information content (AvgIpc) is 2.42. The van der Waals surface area contributed by atoms with E-state index in [9.17, 15) is 5.11 Å². The summed E-state index contributed by atoms with van der Waals surface area (Å²) in [4.78, 5) is 2.41. The van der Waals surface area contributed by atoms with Gasteiger partial charge in [0.2, 0.25) is 0 Å². The number of aliphatic hydroxyl groups excluding tert-OH is 1. The van der Waals surface area contributed by atoms with E-state index in [-0.39, 0.29) is 5.54 Å². The van der Waals surface area contributed by atoms with E-state index in [0.29, 0.717) is 6.42 Å². The molecule has 1 aromatic rings. The Kier molecular flexibility index (Phi) is 4.88. The number of benzene rings is 1. The first-order chi connectivity index (χ1) is 9.01. The Hall–Kier alpha value is -0.570. The summed E-state index contributed by atoms with van der Waals surface area (Å²) in [5.74, 6) is 0. The lowest BCUT2D eigenvalue weighted by Crippen LogP contribution is -2.54. The van der Waals surface area contributed by atoms with Crippen molar-refractivity contribution in [3.63, 3.8) is 0 Å². The lowest BCUT2D eigenvalue weighted by atomic mass is 9.88. The molecule has 0 saturated carbocycles. The lowest BCUT2D eigenvalue weighted by molar-refractivity contribution is -0.0186. The van der Waals surface area contributed by atoms with Crippen molar-refractivity contribution >= 4 is 11.6 Å². The van der Waals surface area contributed by atoms with Crippen molar-refractivity contribution in [3.8, 4) is 0 Å². The van der Waals surface area contributed by atoms with Crippen LogP contribution >= 0.6 is 11.6 Å². The van der Waals surface area contributed by atoms with Gasteiger partial charge < -0.3 is 5.11 Å². The Bertz CT molecular complexity index is 413. The van der Waals surface area contributed by atoms with Gasteiger partial charge in [-0.05, 0) is 51.4 Å². The molecule has 1 atom stereocenters. The molecule has 1 aromatic carbocycles. The fourth-order valence-electron chi connectivity index (χ4n) is 2.80. The molecule has 1 fully saturated rings. The zero-order valence-electron chi connectivity index (χ0n) is 11.9. The molecule has 106 valence electrons. The molecule has 0 amide bonds. The van der Waals surface area contributed by atoms with E-state index in [1.165, 1.54) is 19.3 Å². The van der Waals surface area contributed by atoms with Crippen molar-refractivity contribution < 1.29 is 5.11 Å². The van der Waals surface area contributed by atoms with Crippen molar-refractivity contribution in [2.24, 2.45) is 0 Å². The van der Waals surface area contributed by atoms with Crippen molar-refractivity contribution in [3.05, 3.63) is 34.9 Å². The van der Waals surface area contributed by atoms with E-state index in [0.717, 1.165) is 23.7 Å². The van der Waals surface area contributed by atoms with Gasteiger partial charge in [-0.3, -0.25) is 4.90 Å². The van der Waals surface area contributed by atoms with Crippen LogP contribution in [-0.2, 0) is 6.42 Å². The highest BCUT2D eigenvalue weighted by molar-refractivity contribution is 6.31. The van der Waals surface area contributed by atoms with E-state index in [1.807, 2.05) is 24.3 Å². The number of rotatable bonds is 4. The molecule has 0 spiro atoms. The molecule has 0 aliphatic carbocycles. The first kappa shape index (κ1) is 14.8. The maximum absolute atomic E-state index is 10.6. The van der Waals surface area contributed by atoms with Gasteiger partial charge in [0.25, 0.3) is 0 Å². The summed E-state index contributed by atoms with van der Waals surface area (Å²) < 4.78 is 0. The number of likely N-dealkylation sites (tertiary alicyclic amines) is 1. The summed E-state index contributed by atoms with van der Waals surface area (Å²) in [6, 6.07) is 7.78. The molecular weight excluding hydrogens is 258 g/mol. The average molecular weight is 282 g/mol. The summed E-state index contributed by atoms with van der Waals surface area (Å²) in [5, 5.41) is 11.4. The summed E-state index contributed by atoms with van der Waals surface area (Å²) in [7, 11) is 0. The van der Waals surface area contributed by atoms with Crippen LogP contribution in [0.25, 0.3) is 0 Å². The first-order valence-corrected chi connectivity index (χ1v) is 7.56. The van der Waals surface area contributed by atoms with Crippen LogP contribution in [0.4, 0.5) is 0 Å². The maximum atomic E-state index is 10.6. The van der Waals surface area contributed by atoms with Gasteiger partial charge in [-0.2, -0.15) is 0 Å². The molecule has 3 heteroatoms. The van der Waals surface area contributed by atoms with Crippen molar-refractivity contribution in [1.82, 2.24) is 4.90 Å². The van der Waals surface area contributed by atoms with Crippen LogP contribution in [0.15, 0.2) is 24.3 Å². The molecule has 2 nitrogen and oxygen atoms in total. The van der Waals surface area contributed by atoms with Gasteiger partial charge in [0, 0.05) is 17.0 Å². The molecule has 1 aliphatic heterocycles. The summed E-state index contributed by atoms with van der Waals surface area (Å²) in [6.07, 6.45) is 4.01. The third kappa shape index (κ3) is 3.50. The summed E-state index contributed by atoms with van der Waals surface area (Å²) in [5.41, 5.74) is 0.835. The van der Waals surface area contributed by atoms with E-state index in [1.54, 1.807) is 0 Å². The number of piperidine rings is 1. The van der Waals surface area contributed by atoms with Crippen molar-refractivity contribution in [2.75, 3.05) is 13.1 Å². The Morgan fingerprint density at radius 3 is 2.47 bits per heavy atom. The second-order valence-corrected chi connectivity index (χ2v) is 6.42. The zero-order chi connectivity index (χ0) is 13.9. The predicted octanol–water partition coefficient (Wildman–Crippen LogP) is 3.51. The zero-order valence-corrected chi connectivity index (χ0v) is 12.7. The van der Waals surface area contributed by atoms with Gasteiger partial charge in [-0.25, -0.2) is 0 Å². The first-order valence-electron chi connectivity index (χ1n) is 7.18. The van der Waals surface area contributed by atoms with Gasteiger partial charge in [-0.15, -0.1) is 0 Å². The largest absolute Gasteiger partial charge is 0.391 e. The quantitative estimate of drug-likeness (QED) is 0.913.